The molecule has 3 unspecified atom stereocenters. The number of carbonyl (C=O) groups excluding carboxylic acids is 3. The van der Waals surface area contributed by atoms with Crippen LogP contribution in [0, 0.1) is 5.41 Å². The van der Waals surface area contributed by atoms with Gasteiger partial charge in [0.2, 0.25) is 11.8 Å². The molecule has 1 fully saturated rings. The molecule has 0 aliphatic carbocycles. The van der Waals surface area contributed by atoms with Crippen LogP contribution >= 0.6 is 35.2 Å². The fourth-order valence-electron chi connectivity index (χ4n) is 4.82. The molecule has 322 valence electrons. The molecule has 1 saturated heterocycles. The Morgan fingerprint density at radius 2 is 1.68 bits per heavy atom. The van der Waals surface area contributed by atoms with E-state index < -0.39 is 108 Å². The Labute approximate surface area is 326 Å². The second-order valence-electron chi connectivity index (χ2n) is 12.7. The third kappa shape index (κ3) is 15.3. The first kappa shape index (κ1) is 48.4. The highest BCUT2D eigenvalue weighted by Gasteiger charge is 2.50. The number of phosphoric ester groups is 3. The van der Waals surface area contributed by atoms with Crippen LogP contribution in [0.4, 0.5) is 5.82 Å². The van der Waals surface area contributed by atoms with Crippen molar-refractivity contribution in [2.45, 2.75) is 69.9 Å². The summed E-state index contributed by atoms with van der Waals surface area (Å²) in [6.07, 6.45) is -9.48. The van der Waals surface area contributed by atoms with Crippen molar-refractivity contribution in [3.63, 3.8) is 0 Å². The summed E-state index contributed by atoms with van der Waals surface area (Å²) < 4.78 is 61.9. The Balaban J connectivity index is 1.47. The maximum Gasteiger partial charge on any atom is 0.481 e. The van der Waals surface area contributed by atoms with Crippen molar-refractivity contribution in [3.05, 3.63) is 12.7 Å². The highest BCUT2D eigenvalue weighted by atomic mass is 32.2. The molecule has 1 aliphatic rings. The van der Waals surface area contributed by atoms with Gasteiger partial charge in [0.25, 0.3) is 0 Å². The molecule has 0 bridgehead atoms. The maximum absolute atomic E-state index is 12.7. The highest BCUT2D eigenvalue weighted by Crippen LogP contribution is 2.61. The molecule has 0 aromatic carbocycles. The largest absolute Gasteiger partial charge is 0.481 e. The maximum atomic E-state index is 12.7. The van der Waals surface area contributed by atoms with E-state index in [-0.39, 0.29) is 48.7 Å². The van der Waals surface area contributed by atoms with Gasteiger partial charge in [-0.3, -0.25) is 37.3 Å². The van der Waals surface area contributed by atoms with Crippen molar-refractivity contribution in [1.29, 1.82) is 0 Å². The molecule has 31 heteroatoms. The van der Waals surface area contributed by atoms with E-state index in [1.807, 2.05) is 0 Å². The number of carboxylic acids is 1. The molecule has 1 aliphatic heterocycles. The van der Waals surface area contributed by atoms with Crippen LogP contribution in [0.3, 0.4) is 0 Å². The second kappa shape index (κ2) is 20.3. The lowest BCUT2D eigenvalue weighted by atomic mass is 9.87. The number of nitrogens with one attached hydrogen (secondary N) is 2. The smallest absolute Gasteiger partial charge is 0.481 e. The van der Waals surface area contributed by atoms with E-state index in [1.54, 1.807) is 0 Å². The summed E-state index contributed by atoms with van der Waals surface area (Å²) in [7, 11) is -16.5. The molecule has 57 heavy (non-hydrogen) atoms. The molecule has 2 amide bonds. The quantitative estimate of drug-likeness (QED) is 0.0420. The van der Waals surface area contributed by atoms with Crippen LogP contribution < -0.4 is 16.4 Å². The van der Waals surface area contributed by atoms with Crippen molar-refractivity contribution < 1.29 is 95.5 Å². The summed E-state index contributed by atoms with van der Waals surface area (Å²) in [5.41, 5.74) is 4.17. The van der Waals surface area contributed by atoms with Crippen LogP contribution in [0.5, 0.6) is 0 Å². The van der Waals surface area contributed by atoms with Crippen molar-refractivity contribution in [2.24, 2.45) is 5.41 Å². The van der Waals surface area contributed by atoms with E-state index in [4.69, 9.17) is 24.6 Å². The van der Waals surface area contributed by atoms with Crippen molar-refractivity contribution in [3.8, 4) is 0 Å². The zero-order valence-electron chi connectivity index (χ0n) is 29.9. The van der Waals surface area contributed by atoms with Gasteiger partial charge in [0, 0.05) is 37.1 Å². The number of hydrogen-bond acceptors (Lipinski definition) is 20. The second-order valence-corrected chi connectivity index (χ2v) is 18.1. The molecule has 0 radical (unpaired) electrons. The fourth-order valence-corrected chi connectivity index (χ4v) is 8.39. The normalized spacial score (nSPS) is 22.0. The number of thioether (sulfide) groups is 1. The van der Waals surface area contributed by atoms with Gasteiger partial charge in [0.15, 0.2) is 22.8 Å². The van der Waals surface area contributed by atoms with Crippen LogP contribution in [0.1, 0.15) is 39.3 Å². The molecule has 12 N–H and O–H groups in total. The monoisotopic (exact) mass is 897 g/mol. The number of anilines is 1. The first-order valence-electron chi connectivity index (χ1n) is 16.3. The first-order valence-corrected chi connectivity index (χ1v) is 21.8. The predicted octanol–water partition coefficient (Wildman–Crippen LogP) is -2.11. The number of phosphoric acid groups is 3. The minimum atomic E-state index is -5.60. The van der Waals surface area contributed by atoms with Gasteiger partial charge in [-0.15, -0.1) is 0 Å². The number of aliphatic hydroxyl groups is 3. The number of hydrogen-bond donors (Lipinski definition) is 11. The number of carboxylic acid groups (broad SMARTS) is 1. The molecule has 0 saturated carbocycles. The third-order valence-electron chi connectivity index (χ3n) is 7.58. The van der Waals surface area contributed by atoms with E-state index in [9.17, 15) is 67.8 Å². The highest BCUT2D eigenvalue weighted by molar-refractivity contribution is 8.13. The van der Waals surface area contributed by atoms with E-state index >= 15 is 0 Å². The van der Waals surface area contributed by atoms with Crippen LogP contribution in [0.15, 0.2) is 12.7 Å². The average Bonchev–Trinajstić information content (AvgIpc) is 3.64. The van der Waals surface area contributed by atoms with Crippen LogP contribution in [-0.2, 0) is 55.5 Å². The number of fused-ring (bicyclic) bond motifs is 1. The number of rotatable bonds is 23. The number of imidazole rings is 1. The lowest BCUT2D eigenvalue weighted by Gasteiger charge is -2.30. The topological polar surface area (TPSA) is 421 Å². The standard InChI is InChI=1S/C26H42N7O20P3S/c1-26(2,21(40)24(41)29-4-3-15(35)28-5-6-57-17(38)8-13(34)7-16(36)37)10-50-56(47,48)53-55(45,46)49-9-14-20(52-54(42,43)44)19(39)25(51-14)33-12-32-18-22(27)30-11-31-23(18)33/h11-14,19-21,25,34,39-40H,3-10H2,1-2H3,(H,28,35)(H,29,41)(H,36,37)(H,45,46)(H,47,48)(H2,27,30,31)(H2,42,43,44)/t13?,14-,19-,20-,21+,25-/m1/s1. The molecule has 27 nitrogen and oxygen atoms in total. The van der Waals surface area contributed by atoms with Gasteiger partial charge >= 0.3 is 29.4 Å². The number of amides is 2. The van der Waals surface area contributed by atoms with Gasteiger partial charge in [-0.1, -0.05) is 25.6 Å². The van der Waals surface area contributed by atoms with Crippen molar-refractivity contribution in [2.75, 3.05) is 37.8 Å². The summed E-state index contributed by atoms with van der Waals surface area (Å²) in [6.45, 7) is 0.0945. The number of nitrogens with two attached hydrogens (primary N) is 1. The molecule has 3 heterocycles. The van der Waals surface area contributed by atoms with Crippen molar-refractivity contribution in [1.82, 2.24) is 30.2 Å². The SMILES string of the molecule is CC(C)(COP(=O)(O)OP(=O)(O)OC[C@H]1O[C@@H](n2cnc3c(N)ncnc32)[C@H](O)[C@@H]1OP(=O)(O)O)[C@@H](O)C(=O)NCCC(=O)NCCSC(=O)CC(O)CC(=O)O. The predicted molar refractivity (Wildman–Crippen MR) is 190 cm³/mol. The number of ether oxygens (including phenoxy) is 1. The minimum absolute atomic E-state index is 0.0151. The number of nitrogens with zero attached hydrogens (tertiary/aromatic N) is 4. The van der Waals surface area contributed by atoms with Gasteiger partial charge < -0.3 is 61.1 Å². The molecule has 2 aromatic heterocycles. The lowest BCUT2D eigenvalue weighted by Crippen LogP contribution is -2.46. The summed E-state index contributed by atoms with van der Waals surface area (Å²) in [5, 5.41) is 43.7. The molecule has 8 atom stereocenters. The van der Waals surface area contributed by atoms with E-state index in [0.717, 1.165) is 29.0 Å². The Morgan fingerprint density at radius 1 is 1.02 bits per heavy atom. The molecule has 0 spiro atoms. The first-order chi connectivity index (χ1) is 26.3. The zero-order chi connectivity index (χ0) is 42.9. The summed E-state index contributed by atoms with van der Waals surface area (Å²) in [6, 6.07) is 0. The Bertz CT molecular complexity index is 1900. The molecule has 2 aromatic rings. The third-order valence-corrected chi connectivity index (χ3v) is 11.6. The average molecular weight is 898 g/mol. The molecular formula is C26H42N7O20P3S. The number of aliphatic carboxylic acids is 1. The zero-order valence-corrected chi connectivity index (χ0v) is 33.4. The van der Waals surface area contributed by atoms with Crippen LogP contribution in [0.25, 0.3) is 11.2 Å². The van der Waals surface area contributed by atoms with Crippen LogP contribution in [-0.4, -0.2) is 145 Å². The van der Waals surface area contributed by atoms with E-state index in [1.165, 1.54) is 13.8 Å². The summed E-state index contributed by atoms with van der Waals surface area (Å²) >= 11 is 0.773. The fraction of sp³-hybridized carbons (Fsp3) is 0.654. The van der Waals surface area contributed by atoms with Crippen molar-refractivity contribution >= 4 is 75.1 Å². The van der Waals surface area contributed by atoms with Crippen LogP contribution in [0.2, 0.25) is 0 Å². The minimum Gasteiger partial charge on any atom is -0.481 e. The van der Waals surface area contributed by atoms with E-state index in [2.05, 4.69) is 34.4 Å². The van der Waals surface area contributed by atoms with Gasteiger partial charge in [-0.05, 0) is 0 Å². The van der Waals surface area contributed by atoms with Gasteiger partial charge in [-0.2, -0.15) is 4.31 Å². The van der Waals surface area contributed by atoms with Gasteiger partial charge in [0.05, 0.1) is 32.1 Å². The summed E-state index contributed by atoms with van der Waals surface area (Å²) in [5.74, 6) is -2.79. The van der Waals surface area contributed by atoms with E-state index in [0.29, 0.717) is 0 Å². The van der Waals surface area contributed by atoms with Gasteiger partial charge in [0.1, 0.15) is 36.3 Å². The summed E-state index contributed by atoms with van der Waals surface area (Å²) in [4.78, 5) is 97.7. The molecular weight excluding hydrogens is 855 g/mol. The Hall–Kier alpha value is -3.01. The number of aliphatic hydroxyl groups excluding tert-OH is 3. The molecule has 3 rings (SSSR count). The Kier molecular flexibility index (Phi) is 17.2. The number of aromatic nitrogens is 4. The number of carbonyl (C=O) groups is 4. The van der Waals surface area contributed by atoms with Gasteiger partial charge in [-0.25, -0.2) is 28.6 Å². The lowest BCUT2D eigenvalue weighted by molar-refractivity contribution is -0.139. The number of nitrogen functional groups attached to an aromatic ring is 1. The Morgan fingerprint density at radius 3 is 2.33 bits per heavy atom.